The summed E-state index contributed by atoms with van der Waals surface area (Å²) in [4.78, 5) is 0. The second kappa shape index (κ2) is 4.23. The first-order valence-electron chi connectivity index (χ1n) is 7.19. The van der Waals surface area contributed by atoms with Gasteiger partial charge in [-0.25, -0.2) is 0 Å². The van der Waals surface area contributed by atoms with Crippen molar-refractivity contribution in [3.63, 3.8) is 0 Å². The van der Waals surface area contributed by atoms with Gasteiger partial charge in [0.2, 0.25) is 0 Å². The average molecular weight is 248 g/mol. The molecule has 0 aliphatic heterocycles. The standard InChI is InChI=1S/C17H28O/c1-16(2,3)14-10-11-9-12(18)7-8-13(11)15(14)17(4,5)6/h7-8,12,14-15,18H,9-10H2,1-6H3. The summed E-state index contributed by atoms with van der Waals surface area (Å²) in [7, 11) is 0. The third-order valence-electron chi connectivity index (χ3n) is 4.61. The molecule has 0 saturated carbocycles. The Balaban J connectivity index is 2.39. The van der Waals surface area contributed by atoms with E-state index in [1.165, 1.54) is 17.6 Å². The lowest BCUT2D eigenvalue weighted by Crippen LogP contribution is -2.33. The number of allylic oxidation sites excluding steroid dienone is 2. The van der Waals surface area contributed by atoms with Crippen LogP contribution in [-0.2, 0) is 0 Å². The molecule has 3 unspecified atom stereocenters. The van der Waals surface area contributed by atoms with Gasteiger partial charge in [0, 0.05) is 0 Å². The van der Waals surface area contributed by atoms with Crippen molar-refractivity contribution in [2.24, 2.45) is 22.7 Å². The van der Waals surface area contributed by atoms with Crippen LogP contribution in [-0.4, -0.2) is 11.2 Å². The van der Waals surface area contributed by atoms with Crippen molar-refractivity contribution < 1.29 is 5.11 Å². The van der Waals surface area contributed by atoms with Crippen LogP contribution >= 0.6 is 0 Å². The summed E-state index contributed by atoms with van der Waals surface area (Å²) < 4.78 is 0. The highest BCUT2D eigenvalue weighted by Gasteiger charge is 2.46. The van der Waals surface area contributed by atoms with Crippen LogP contribution in [0, 0.1) is 22.7 Å². The summed E-state index contributed by atoms with van der Waals surface area (Å²) in [6.45, 7) is 14.1. The van der Waals surface area contributed by atoms with E-state index in [-0.39, 0.29) is 6.10 Å². The van der Waals surface area contributed by atoms with Gasteiger partial charge >= 0.3 is 0 Å². The summed E-state index contributed by atoms with van der Waals surface area (Å²) in [6.07, 6.45) is 5.93. The van der Waals surface area contributed by atoms with E-state index in [1.54, 1.807) is 0 Å². The molecule has 1 N–H and O–H groups in total. The molecule has 2 aliphatic carbocycles. The average Bonchev–Trinajstić information content (AvgIpc) is 2.54. The van der Waals surface area contributed by atoms with Crippen LogP contribution in [0.15, 0.2) is 23.3 Å². The lowest BCUT2D eigenvalue weighted by atomic mass is 9.64. The molecule has 3 atom stereocenters. The van der Waals surface area contributed by atoms with Gasteiger partial charge in [0.15, 0.2) is 0 Å². The van der Waals surface area contributed by atoms with E-state index in [2.05, 4.69) is 47.6 Å². The van der Waals surface area contributed by atoms with E-state index < -0.39 is 0 Å². The van der Waals surface area contributed by atoms with Gasteiger partial charge in [0.05, 0.1) is 6.10 Å². The fraction of sp³-hybridized carbons (Fsp3) is 0.765. The molecular weight excluding hydrogens is 220 g/mol. The third-order valence-corrected chi connectivity index (χ3v) is 4.61. The van der Waals surface area contributed by atoms with E-state index in [0.29, 0.717) is 22.7 Å². The van der Waals surface area contributed by atoms with Crippen molar-refractivity contribution in [1.29, 1.82) is 0 Å². The van der Waals surface area contributed by atoms with Gasteiger partial charge in [0.1, 0.15) is 0 Å². The molecule has 0 spiro atoms. The lowest BCUT2D eigenvalue weighted by molar-refractivity contribution is 0.114. The zero-order chi connectivity index (χ0) is 13.7. The minimum atomic E-state index is -0.261. The third kappa shape index (κ3) is 2.42. The van der Waals surface area contributed by atoms with Crippen LogP contribution in [0.3, 0.4) is 0 Å². The number of aliphatic hydroxyl groups excluding tert-OH is 1. The number of rotatable bonds is 0. The number of hydrogen-bond donors (Lipinski definition) is 1. The normalized spacial score (nSPS) is 32.9. The van der Waals surface area contributed by atoms with Crippen LogP contribution in [0.5, 0.6) is 0 Å². The molecule has 0 fully saturated rings. The van der Waals surface area contributed by atoms with Gasteiger partial charge in [-0.2, -0.15) is 0 Å². The number of aliphatic hydroxyl groups is 1. The Bertz CT molecular complexity index is 387. The summed E-state index contributed by atoms with van der Waals surface area (Å²) in [5.41, 5.74) is 3.65. The van der Waals surface area contributed by atoms with Gasteiger partial charge in [-0.15, -0.1) is 0 Å². The van der Waals surface area contributed by atoms with Gasteiger partial charge in [0.25, 0.3) is 0 Å². The highest BCUT2D eigenvalue weighted by molar-refractivity contribution is 5.39. The molecule has 0 aromatic rings. The molecule has 2 aliphatic rings. The Morgan fingerprint density at radius 1 is 1.00 bits per heavy atom. The summed E-state index contributed by atoms with van der Waals surface area (Å²) in [5, 5.41) is 9.81. The second-order valence-corrected chi connectivity index (χ2v) is 8.21. The number of hydrogen-bond acceptors (Lipinski definition) is 1. The quantitative estimate of drug-likeness (QED) is 0.676. The Labute approximate surface area is 112 Å². The van der Waals surface area contributed by atoms with Gasteiger partial charge in [-0.1, -0.05) is 59.3 Å². The highest BCUT2D eigenvalue weighted by atomic mass is 16.3. The maximum Gasteiger partial charge on any atom is 0.0761 e. The zero-order valence-electron chi connectivity index (χ0n) is 12.7. The van der Waals surface area contributed by atoms with Gasteiger partial charge in [-0.05, 0) is 41.1 Å². The fourth-order valence-electron chi connectivity index (χ4n) is 3.77. The molecule has 0 aromatic heterocycles. The van der Waals surface area contributed by atoms with Crippen molar-refractivity contribution >= 4 is 0 Å². The Hall–Kier alpha value is -0.560. The molecule has 0 amide bonds. The molecule has 1 heteroatoms. The Morgan fingerprint density at radius 2 is 1.61 bits per heavy atom. The van der Waals surface area contributed by atoms with E-state index in [0.717, 1.165) is 6.42 Å². The van der Waals surface area contributed by atoms with Crippen molar-refractivity contribution in [3.05, 3.63) is 23.3 Å². The van der Waals surface area contributed by atoms with Crippen LogP contribution in [0.1, 0.15) is 54.4 Å². The SMILES string of the molecule is CC(C)(C)C1CC2=C(C=CC(O)C2)C1C(C)(C)C. The second-order valence-electron chi connectivity index (χ2n) is 8.21. The molecule has 0 saturated heterocycles. The Morgan fingerprint density at radius 3 is 2.11 bits per heavy atom. The Kier molecular flexibility index (Phi) is 3.26. The predicted molar refractivity (Wildman–Crippen MR) is 77.3 cm³/mol. The molecule has 0 aromatic carbocycles. The van der Waals surface area contributed by atoms with Crippen molar-refractivity contribution in [1.82, 2.24) is 0 Å². The molecule has 102 valence electrons. The summed E-state index contributed by atoms with van der Waals surface area (Å²) in [6, 6.07) is 0. The predicted octanol–water partition coefficient (Wildman–Crippen LogP) is 4.33. The summed E-state index contributed by atoms with van der Waals surface area (Å²) in [5.74, 6) is 1.31. The first kappa shape index (κ1) is 13.9. The molecule has 0 radical (unpaired) electrons. The zero-order valence-corrected chi connectivity index (χ0v) is 12.7. The maximum absolute atomic E-state index is 9.81. The van der Waals surface area contributed by atoms with Crippen molar-refractivity contribution in [3.8, 4) is 0 Å². The first-order chi connectivity index (χ1) is 8.10. The van der Waals surface area contributed by atoms with E-state index in [9.17, 15) is 5.11 Å². The van der Waals surface area contributed by atoms with Gasteiger partial charge < -0.3 is 5.11 Å². The molecule has 0 bridgehead atoms. The van der Waals surface area contributed by atoms with Crippen molar-refractivity contribution in [2.75, 3.05) is 0 Å². The van der Waals surface area contributed by atoms with E-state index in [4.69, 9.17) is 0 Å². The molecular formula is C17H28O. The fourth-order valence-corrected chi connectivity index (χ4v) is 3.77. The smallest absolute Gasteiger partial charge is 0.0761 e. The van der Waals surface area contributed by atoms with Crippen LogP contribution in [0.4, 0.5) is 0 Å². The minimum absolute atomic E-state index is 0.261. The first-order valence-corrected chi connectivity index (χ1v) is 7.19. The molecule has 2 rings (SSSR count). The van der Waals surface area contributed by atoms with Crippen molar-refractivity contribution in [2.45, 2.75) is 60.5 Å². The van der Waals surface area contributed by atoms with Crippen LogP contribution in [0.2, 0.25) is 0 Å². The molecule has 1 nitrogen and oxygen atoms in total. The van der Waals surface area contributed by atoms with Crippen LogP contribution in [0.25, 0.3) is 0 Å². The summed E-state index contributed by atoms with van der Waals surface area (Å²) >= 11 is 0. The monoisotopic (exact) mass is 248 g/mol. The topological polar surface area (TPSA) is 20.2 Å². The van der Waals surface area contributed by atoms with Crippen LogP contribution < -0.4 is 0 Å². The largest absolute Gasteiger partial charge is 0.389 e. The van der Waals surface area contributed by atoms with E-state index >= 15 is 0 Å². The molecule has 0 heterocycles. The molecule has 18 heavy (non-hydrogen) atoms. The lowest BCUT2D eigenvalue weighted by Gasteiger charge is -2.41. The maximum atomic E-state index is 9.81. The minimum Gasteiger partial charge on any atom is -0.389 e. The highest BCUT2D eigenvalue weighted by Crippen LogP contribution is 2.55. The van der Waals surface area contributed by atoms with E-state index in [1.807, 2.05) is 6.08 Å². The van der Waals surface area contributed by atoms with Gasteiger partial charge in [-0.3, -0.25) is 0 Å².